The van der Waals surface area contributed by atoms with Crippen LogP contribution in [0.4, 0.5) is 5.69 Å². The number of hydrogen-bond donors (Lipinski definition) is 1. The first-order valence-corrected chi connectivity index (χ1v) is 7.62. The molecule has 0 fully saturated rings. The molecule has 20 heavy (non-hydrogen) atoms. The molecule has 0 aromatic heterocycles. The molecular formula is C17H20BrNO. The molecule has 0 saturated heterocycles. The van der Waals surface area contributed by atoms with Crippen LogP contribution in [0.25, 0.3) is 0 Å². The van der Waals surface area contributed by atoms with Gasteiger partial charge in [0.15, 0.2) is 0 Å². The molecule has 0 aliphatic rings. The van der Waals surface area contributed by atoms with Gasteiger partial charge in [-0.3, -0.25) is 0 Å². The van der Waals surface area contributed by atoms with Crippen molar-refractivity contribution in [3.8, 4) is 5.75 Å². The maximum Gasteiger partial charge on any atom is 0.142 e. The highest BCUT2D eigenvalue weighted by atomic mass is 79.9. The molecule has 2 aromatic rings. The van der Waals surface area contributed by atoms with E-state index in [0.29, 0.717) is 5.92 Å². The molecule has 2 rings (SSSR count). The lowest BCUT2D eigenvalue weighted by molar-refractivity contribution is 0.416. The second-order valence-electron chi connectivity index (χ2n) is 4.87. The summed E-state index contributed by atoms with van der Waals surface area (Å²) in [4.78, 5) is 0. The minimum atomic E-state index is 0.543. The van der Waals surface area contributed by atoms with E-state index in [2.05, 4.69) is 58.5 Å². The van der Waals surface area contributed by atoms with Gasteiger partial charge in [0.1, 0.15) is 5.75 Å². The zero-order valence-corrected chi connectivity index (χ0v) is 13.5. The summed E-state index contributed by atoms with van der Waals surface area (Å²) < 4.78 is 6.41. The van der Waals surface area contributed by atoms with Gasteiger partial charge < -0.3 is 10.1 Å². The predicted molar refractivity (Wildman–Crippen MR) is 88.7 cm³/mol. The van der Waals surface area contributed by atoms with Crippen LogP contribution >= 0.6 is 15.9 Å². The number of anilines is 1. The number of benzene rings is 2. The quantitative estimate of drug-likeness (QED) is 0.797. The Balaban J connectivity index is 1.91. The molecule has 2 nitrogen and oxygen atoms in total. The van der Waals surface area contributed by atoms with Crippen molar-refractivity contribution in [2.24, 2.45) is 0 Å². The van der Waals surface area contributed by atoms with Crippen molar-refractivity contribution < 1.29 is 4.74 Å². The maximum atomic E-state index is 5.36. The van der Waals surface area contributed by atoms with Crippen molar-refractivity contribution >= 4 is 21.6 Å². The molecule has 1 unspecified atom stereocenters. The summed E-state index contributed by atoms with van der Waals surface area (Å²) in [7, 11) is 1.70. The van der Waals surface area contributed by atoms with E-state index in [9.17, 15) is 0 Å². The zero-order chi connectivity index (χ0) is 14.4. The van der Waals surface area contributed by atoms with E-state index in [4.69, 9.17) is 4.74 Å². The van der Waals surface area contributed by atoms with Gasteiger partial charge in [-0.2, -0.15) is 0 Å². The predicted octanol–water partition coefficient (Wildman–Crippen LogP) is 5.06. The normalized spacial score (nSPS) is 11.9. The van der Waals surface area contributed by atoms with Gasteiger partial charge >= 0.3 is 0 Å². The van der Waals surface area contributed by atoms with Gasteiger partial charge in [0.2, 0.25) is 0 Å². The van der Waals surface area contributed by atoms with Gasteiger partial charge in [-0.25, -0.2) is 0 Å². The molecule has 3 heteroatoms. The number of methoxy groups -OCH3 is 1. The highest BCUT2D eigenvalue weighted by molar-refractivity contribution is 9.10. The molecular weight excluding hydrogens is 314 g/mol. The molecule has 106 valence electrons. The summed E-state index contributed by atoms with van der Waals surface area (Å²) in [6.45, 7) is 3.18. The van der Waals surface area contributed by atoms with E-state index < -0.39 is 0 Å². The van der Waals surface area contributed by atoms with Gasteiger partial charge in [0.25, 0.3) is 0 Å². The van der Waals surface area contributed by atoms with Gasteiger partial charge in [-0.1, -0.05) is 53.2 Å². The Morgan fingerprint density at radius 3 is 2.60 bits per heavy atom. The summed E-state index contributed by atoms with van der Waals surface area (Å²) >= 11 is 3.49. The standard InChI is InChI=1S/C17H20BrNO/c1-13(14-6-4-3-5-7-14)10-11-19-16-12-15(18)8-9-17(16)20-2/h3-9,12-13,19H,10-11H2,1-2H3. The number of ether oxygens (including phenoxy) is 1. The van der Waals surface area contributed by atoms with Crippen molar-refractivity contribution in [3.63, 3.8) is 0 Å². The van der Waals surface area contributed by atoms with Crippen molar-refractivity contribution in [1.29, 1.82) is 0 Å². The Bertz CT molecular complexity index is 542. The van der Waals surface area contributed by atoms with Crippen molar-refractivity contribution in [1.82, 2.24) is 0 Å². The fourth-order valence-corrected chi connectivity index (χ4v) is 2.55. The molecule has 1 atom stereocenters. The first-order valence-electron chi connectivity index (χ1n) is 6.83. The zero-order valence-electron chi connectivity index (χ0n) is 11.9. The SMILES string of the molecule is COc1ccc(Br)cc1NCCC(C)c1ccccc1. The van der Waals surface area contributed by atoms with E-state index in [0.717, 1.165) is 28.9 Å². The third kappa shape index (κ3) is 4.01. The lowest BCUT2D eigenvalue weighted by atomic mass is 9.98. The van der Waals surface area contributed by atoms with Crippen LogP contribution < -0.4 is 10.1 Å². The summed E-state index contributed by atoms with van der Waals surface area (Å²) in [5.41, 5.74) is 2.41. The van der Waals surface area contributed by atoms with Gasteiger partial charge in [-0.05, 0) is 36.1 Å². The second kappa shape index (κ2) is 7.34. The minimum absolute atomic E-state index is 0.543. The van der Waals surface area contributed by atoms with Crippen LogP contribution in [0.3, 0.4) is 0 Å². The van der Waals surface area contributed by atoms with Crippen molar-refractivity contribution in [2.75, 3.05) is 19.0 Å². The molecule has 0 radical (unpaired) electrons. The third-order valence-corrected chi connectivity index (χ3v) is 3.92. The Hall–Kier alpha value is -1.48. The first-order chi connectivity index (χ1) is 9.70. The summed E-state index contributed by atoms with van der Waals surface area (Å²) in [6, 6.07) is 16.6. The molecule has 0 heterocycles. The van der Waals surface area contributed by atoms with Crippen molar-refractivity contribution in [2.45, 2.75) is 19.3 Å². The third-order valence-electron chi connectivity index (χ3n) is 3.42. The fraction of sp³-hybridized carbons (Fsp3) is 0.294. The van der Waals surface area contributed by atoms with E-state index >= 15 is 0 Å². The van der Waals surface area contributed by atoms with Crippen LogP contribution in [-0.2, 0) is 0 Å². The highest BCUT2D eigenvalue weighted by Crippen LogP contribution is 2.28. The Morgan fingerprint density at radius 2 is 1.90 bits per heavy atom. The smallest absolute Gasteiger partial charge is 0.142 e. The largest absolute Gasteiger partial charge is 0.495 e. The van der Waals surface area contributed by atoms with Gasteiger partial charge in [-0.15, -0.1) is 0 Å². The van der Waals surface area contributed by atoms with Crippen molar-refractivity contribution in [3.05, 3.63) is 58.6 Å². The number of halogens is 1. The van der Waals surface area contributed by atoms with E-state index in [1.807, 2.05) is 18.2 Å². The fourth-order valence-electron chi connectivity index (χ4n) is 2.19. The lowest BCUT2D eigenvalue weighted by Crippen LogP contribution is -2.07. The van der Waals surface area contributed by atoms with Crippen LogP contribution in [0.5, 0.6) is 5.75 Å². The number of hydrogen-bond acceptors (Lipinski definition) is 2. The van der Waals surface area contributed by atoms with E-state index in [1.54, 1.807) is 7.11 Å². The number of nitrogens with one attached hydrogen (secondary N) is 1. The average Bonchev–Trinajstić information content (AvgIpc) is 2.48. The molecule has 1 N–H and O–H groups in total. The van der Waals surface area contributed by atoms with Gasteiger partial charge in [0.05, 0.1) is 12.8 Å². The van der Waals surface area contributed by atoms with Crippen LogP contribution in [0, 0.1) is 0 Å². The Labute approximate surface area is 129 Å². The molecule has 0 aliphatic carbocycles. The topological polar surface area (TPSA) is 21.3 Å². The second-order valence-corrected chi connectivity index (χ2v) is 5.79. The van der Waals surface area contributed by atoms with Gasteiger partial charge in [0, 0.05) is 11.0 Å². The minimum Gasteiger partial charge on any atom is -0.495 e. The van der Waals surface area contributed by atoms with Crippen LogP contribution in [-0.4, -0.2) is 13.7 Å². The monoisotopic (exact) mass is 333 g/mol. The van der Waals surface area contributed by atoms with E-state index in [-0.39, 0.29) is 0 Å². The summed E-state index contributed by atoms with van der Waals surface area (Å²) in [5, 5.41) is 3.45. The Kier molecular flexibility index (Phi) is 5.48. The Morgan fingerprint density at radius 1 is 1.15 bits per heavy atom. The summed E-state index contributed by atoms with van der Waals surface area (Å²) in [5.74, 6) is 1.42. The molecule has 0 bridgehead atoms. The number of rotatable bonds is 6. The van der Waals surface area contributed by atoms with E-state index in [1.165, 1.54) is 5.56 Å². The average molecular weight is 334 g/mol. The molecule has 2 aromatic carbocycles. The van der Waals surface area contributed by atoms with Crippen LogP contribution in [0.2, 0.25) is 0 Å². The van der Waals surface area contributed by atoms with Crippen LogP contribution in [0.15, 0.2) is 53.0 Å². The molecule has 0 saturated carbocycles. The molecule has 0 amide bonds. The van der Waals surface area contributed by atoms with Crippen LogP contribution in [0.1, 0.15) is 24.8 Å². The summed E-state index contributed by atoms with van der Waals surface area (Å²) in [6.07, 6.45) is 1.08. The lowest BCUT2D eigenvalue weighted by Gasteiger charge is -2.15. The molecule has 0 aliphatic heterocycles. The maximum absolute atomic E-state index is 5.36. The first kappa shape index (κ1) is 14.9. The highest BCUT2D eigenvalue weighted by Gasteiger charge is 2.06. The molecule has 0 spiro atoms.